The molecule has 0 aliphatic heterocycles. The average molecular weight is 436 g/mol. The van der Waals surface area contributed by atoms with Gasteiger partial charge in [0, 0.05) is 23.5 Å². The van der Waals surface area contributed by atoms with E-state index in [1.165, 1.54) is 67.0 Å². The summed E-state index contributed by atoms with van der Waals surface area (Å²) < 4.78 is 0. The number of hydrogen-bond acceptors (Lipinski definition) is 1. The maximum atomic E-state index is 5.38. The van der Waals surface area contributed by atoms with Crippen LogP contribution in [0.1, 0.15) is 41.5 Å². The molecule has 0 radical (unpaired) electrons. The molecule has 1 heterocycles. The highest BCUT2D eigenvalue weighted by Gasteiger charge is 2.36. The first-order chi connectivity index (χ1) is 16.8. The van der Waals surface area contributed by atoms with Gasteiger partial charge >= 0.3 is 0 Å². The molecule has 0 bridgehead atoms. The highest BCUT2D eigenvalue weighted by atomic mass is 14.8. The summed E-state index contributed by atoms with van der Waals surface area (Å²) in [5, 5.41) is 0. The highest BCUT2D eigenvalue weighted by Crippen LogP contribution is 2.54. The van der Waals surface area contributed by atoms with Crippen molar-refractivity contribution < 1.29 is 0 Å². The molecule has 2 aliphatic carbocycles. The van der Waals surface area contributed by atoms with E-state index in [-0.39, 0.29) is 0 Å². The molecule has 1 heteroatoms. The molecule has 0 fully saturated rings. The van der Waals surface area contributed by atoms with E-state index in [0.717, 1.165) is 12.8 Å². The number of pyridine rings is 1. The molecule has 0 saturated heterocycles. The quantitative estimate of drug-likeness (QED) is 0.271. The molecule has 1 nitrogen and oxygen atoms in total. The van der Waals surface area contributed by atoms with Crippen LogP contribution in [-0.4, -0.2) is 4.98 Å². The Morgan fingerprint density at radius 2 is 1.38 bits per heavy atom. The Labute approximate surface area is 200 Å². The van der Waals surface area contributed by atoms with E-state index in [1.54, 1.807) is 0 Å². The monoisotopic (exact) mass is 435 g/mol. The number of nitrogens with zero attached hydrogens (tertiary/aromatic N) is 1. The normalized spacial score (nSPS) is 14.9. The fourth-order valence-electron chi connectivity index (χ4n) is 6.08. The van der Waals surface area contributed by atoms with Gasteiger partial charge < -0.3 is 0 Å². The molecule has 5 aromatic rings. The Morgan fingerprint density at radius 3 is 2.24 bits per heavy atom. The predicted octanol–water partition coefficient (Wildman–Crippen LogP) is 8.51. The van der Waals surface area contributed by atoms with Crippen LogP contribution in [0.15, 0.2) is 103 Å². The summed E-state index contributed by atoms with van der Waals surface area (Å²) in [5.41, 5.74) is 15.8. The number of aromatic nitrogens is 1. The Kier molecular flexibility index (Phi) is 4.32. The van der Waals surface area contributed by atoms with E-state index in [4.69, 9.17) is 4.98 Å². The molecule has 34 heavy (non-hydrogen) atoms. The fraction of sp³-hybridized carbons (Fsp3) is 0.121. The third kappa shape index (κ3) is 2.77. The first-order valence-corrected chi connectivity index (χ1v) is 12.2. The van der Waals surface area contributed by atoms with Crippen LogP contribution < -0.4 is 0 Å². The zero-order valence-electron chi connectivity index (χ0n) is 19.3. The summed E-state index contributed by atoms with van der Waals surface area (Å²) in [6, 6.07) is 37.5. The number of fused-ring (bicyclic) bond motifs is 6. The minimum Gasteiger partial charge on any atom is -0.247 e. The van der Waals surface area contributed by atoms with Crippen LogP contribution in [0.2, 0.25) is 0 Å². The van der Waals surface area contributed by atoms with Gasteiger partial charge in [-0.2, -0.15) is 0 Å². The van der Waals surface area contributed by atoms with E-state index in [9.17, 15) is 0 Å². The van der Waals surface area contributed by atoms with Crippen LogP contribution in [0.5, 0.6) is 0 Å². The molecule has 7 rings (SSSR count). The van der Waals surface area contributed by atoms with Gasteiger partial charge in [0.15, 0.2) is 0 Å². The van der Waals surface area contributed by atoms with Gasteiger partial charge in [0.2, 0.25) is 0 Å². The van der Waals surface area contributed by atoms with Crippen molar-refractivity contribution in [3.05, 3.63) is 125 Å². The summed E-state index contributed by atoms with van der Waals surface area (Å²) in [7, 11) is 0. The van der Waals surface area contributed by atoms with Crippen LogP contribution in [0.3, 0.4) is 0 Å². The zero-order chi connectivity index (χ0) is 22.6. The maximum absolute atomic E-state index is 5.38. The molecule has 1 atom stereocenters. The van der Waals surface area contributed by atoms with Crippen molar-refractivity contribution in [1.82, 2.24) is 4.98 Å². The van der Waals surface area contributed by atoms with Crippen LogP contribution >= 0.6 is 0 Å². The van der Waals surface area contributed by atoms with Gasteiger partial charge in [0.05, 0.1) is 11.4 Å². The van der Waals surface area contributed by atoms with Gasteiger partial charge in [-0.15, -0.1) is 0 Å². The molecule has 0 spiro atoms. The number of hydrogen-bond donors (Lipinski definition) is 0. The summed E-state index contributed by atoms with van der Waals surface area (Å²) in [5.74, 6) is 0.378. The lowest BCUT2D eigenvalue weighted by molar-refractivity contribution is 0.796. The summed E-state index contributed by atoms with van der Waals surface area (Å²) in [6.45, 7) is 2.31. The Morgan fingerprint density at radius 1 is 0.676 bits per heavy atom. The smallest absolute Gasteiger partial charge is 0.0757 e. The van der Waals surface area contributed by atoms with Crippen molar-refractivity contribution in [1.29, 1.82) is 0 Å². The summed E-state index contributed by atoms with van der Waals surface area (Å²) in [6.07, 6.45) is 2.02. The van der Waals surface area contributed by atoms with E-state index < -0.39 is 0 Å². The third-order valence-electron chi connectivity index (χ3n) is 7.58. The first-order valence-electron chi connectivity index (χ1n) is 12.2. The third-order valence-corrected chi connectivity index (χ3v) is 7.58. The Balaban J connectivity index is 1.54. The van der Waals surface area contributed by atoms with Crippen molar-refractivity contribution in [3.63, 3.8) is 0 Å². The molecule has 2 aliphatic rings. The minimum absolute atomic E-state index is 0.378. The molecule has 1 unspecified atom stereocenters. The summed E-state index contributed by atoms with van der Waals surface area (Å²) >= 11 is 0. The molecular weight excluding hydrogens is 410 g/mol. The van der Waals surface area contributed by atoms with Gasteiger partial charge in [0.1, 0.15) is 0 Å². The second-order valence-electron chi connectivity index (χ2n) is 9.41. The van der Waals surface area contributed by atoms with Crippen LogP contribution in [-0.2, 0) is 6.42 Å². The standard InChI is InChI=1S/C33H25N/c1-2-25-27-17-8-9-18-28(27)33-31(25)30(29-20-23-13-6-7-16-26(23)32(29)34-33)24-15-10-14-22(19-24)21-11-4-3-5-12-21/h3-19,25H,2,20H2,1H3. The maximum Gasteiger partial charge on any atom is 0.0757 e. The zero-order valence-corrected chi connectivity index (χ0v) is 19.3. The van der Waals surface area contributed by atoms with E-state index in [2.05, 4.69) is 110 Å². The molecule has 4 aromatic carbocycles. The van der Waals surface area contributed by atoms with Gasteiger partial charge in [-0.25, -0.2) is 4.98 Å². The van der Waals surface area contributed by atoms with Crippen molar-refractivity contribution in [2.24, 2.45) is 0 Å². The number of benzene rings is 4. The Hall–Kier alpha value is -3.97. The second kappa shape index (κ2) is 7.53. The van der Waals surface area contributed by atoms with Gasteiger partial charge in [-0.05, 0) is 57.0 Å². The van der Waals surface area contributed by atoms with Crippen molar-refractivity contribution in [2.75, 3.05) is 0 Å². The summed E-state index contributed by atoms with van der Waals surface area (Å²) in [4.78, 5) is 5.38. The van der Waals surface area contributed by atoms with Gasteiger partial charge in [-0.3, -0.25) is 0 Å². The topological polar surface area (TPSA) is 12.9 Å². The molecular formula is C33H25N. The van der Waals surface area contributed by atoms with Gasteiger partial charge in [-0.1, -0.05) is 104 Å². The first kappa shape index (κ1) is 19.5. The van der Waals surface area contributed by atoms with E-state index >= 15 is 0 Å². The highest BCUT2D eigenvalue weighted by molar-refractivity contribution is 5.93. The SMILES string of the molecule is CCC1c2ccccc2-c2nc3c(c(-c4cccc(-c5ccccc5)c4)c21)Cc1ccccc1-3. The molecule has 0 amide bonds. The molecule has 0 N–H and O–H groups in total. The lowest BCUT2D eigenvalue weighted by Gasteiger charge is -2.20. The second-order valence-corrected chi connectivity index (χ2v) is 9.41. The van der Waals surface area contributed by atoms with Gasteiger partial charge in [0.25, 0.3) is 0 Å². The molecule has 0 saturated carbocycles. The van der Waals surface area contributed by atoms with Crippen molar-refractivity contribution in [2.45, 2.75) is 25.7 Å². The van der Waals surface area contributed by atoms with Crippen LogP contribution in [0.25, 0.3) is 44.8 Å². The lowest BCUT2D eigenvalue weighted by atomic mass is 9.85. The molecule has 1 aromatic heterocycles. The average Bonchev–Trinajstić information content (AvgIpc) is 3.43. The fourth-order valence-corrected chi connectivity index (χ4v) is 6.08. The van der Waals surface area contributed by atoms with Crippen LogP contribution in [0, 0.1) is 0 Å². The van der Waals surface area contributed by atoms with E-state index in [0.29, 0.717) is 5.92 Å². The van der Waals surface area contributed by atoms with Crippen molar-refractivity contribution >= 4 is 0 Å². The minimum atomic E-state index is 0.378. The number of rotatable bonds is 3. The van der Waals surface area contributed by atoms with Crippen molar-refractivity contribution in [3.8, 4) is 44.8 Å². The predicted molar refractivity (Wildman–Crippen MR) is 141 cm³/mol. The lowest BCUT2D eigenvalue weighted by Crippen LogP contribution is -2.02. The Bertz CT molecular complexity index is 1560. The molecule has 162 valence electrons. The van der Waals surface area contributed by atoms with E-state index in [1.807, 2.05) is 0 Å². The van der Waals surface area contributed by atoms with Crippen LogP contribution in [0.4, 0.5) is 0 Å². The largest absolute Gasteiger partial charge is 0.247 e.